The number of fused-ring (bicyclic) bond motifs is 1. The standard InChI is InChI=1S/C15H18N2O3/c1-2-9-7-12(9)16-15(20)17-8-11(14(18)19)10-5-3-4-6-13(10)17/h3-6,9,11-12H,2,7-8H2,1H3,(H,16,20)(H,18,19). The van der Waals surface area contributed by atoms with Crippen LogP contribution in [0.2, 0.25) is 0 Å². The Hall–Kier alpha value is -2.04. The van der Waals surface area contributed by atoms with Gasteiger partial charge in [-0.1, -0.05) is 31.5 Å². The molecule has 1 aromatic rings. The van der Waals surface area contributed by atoms with Crippen molar-refractivity contribution in [3.8, 4) is 0 Å². The molecule has 0 bridgehead atoms. The molecule has 0 saturated heterocycles. The molecule has 1 fully saturated rings. The van der Waals surface area contributed by atoms with Crippen LogP contribution in [-0.4, -0.2) is 29.7 Å². The van der Waals surface area contributed by atoms with E-state index in [1.165, 1.54) is 0 Å². The summed E-state index contributed by atoms with van der Waals surface area (Å²) in [6, 6.07) is 7.31. The third-order valence-corrected chi connectivity index (χ3v) is 4.27. The van der Waals surface area contributed by atoms with Crippen LogP contribution in [0.15, 0.2) is 24.3 Å². The summed E-state index contributed by atoms with van der Waals surface area (Å²) in [6.07, 6.45) is 2.10. The zero-order chi connectivity index (χ0) is 14.3. The lowest BCUT2D eigenvalue weighted by Crippen LogP contribution is -2.41. The van der Waals surface area contributed by atoms with Gasteiger partial charge in [-0.3, -0.25) is 9.69 Å². The second-order valence-electron chi connectivity index (χ2n) is 5.52. The summed E-state index contributed by atoms with van der Waals surface area (Å²) in [6.45, 7) is 2.33. The summed E-state index contributed by atoms with van der Waals surface area (Å²) in [5.41, 5.74) is 1.43. The third kappa shape index (κ3) is 2.13. The molecule has 3 unspecified atom stereocenters. The van der Waals surface area contributed by atoms with Gasteiger partial charge in [0.1, 0.15) is 5.92 Å². The molecule has 3 atom stereocenters. The fourth-order valence-electron chi connectivity index (χ4n) is 2.92. The molecule has 0 radical (unpaired) electrons. The first-order valence-corrected chi connectivity index (χ1v) is 7.01. The van der Waals surface area contributed by atoms with Crippen molar-refractivity contribution in [1.82, 2.24) is 5.32 Å². The summed E-state index contributed by atoms with van der Waals surface area (Å²) in [7, 11) is 0. The van der Waals surface area contributed by atoms with Crippen LogP contribution in [0.3, 0.4) is 0 Å². The monoisotopic (exact) mass is 274 g/mol. The Kier molecular flexibility index (Phi) is 3.12. The molecule has 5 heteroatoms. The van der Waals surface area contributed by atoms with E-state index in [-0.39, 0.29) is 18.6 Å². The number of hydrogen-bond acceptors (Lipinski definition) is 2. The number of benzene rings is 1. The third-order valence-electron chi connectivity index (χ3n) is 4.27. The zero-order valence-electron chi connectivity index (χ0n) is 11.4. The van der Waals surface area contributed by atoms with Crippen molar-refractivity contribution < 1.29 is 14.7 Å². The molecule has 1 aliphatic heterocycles. The fourth-order valence-corrected chi connectivity index (χ4v) is 2.92. The lowest BCUT2D eigenvalue weighted by atomic mass is 10.0. The van der Waals surface area contributed by atoms with Crippen molar-refractivity contribution in [1.29, 1.82) is 0 Å². The molecule has 5 nitrogen and oxygen atoms in total. The van der Waals surface area contributed by atoms with Gasteiger partial charge >= 0.3 is 12.0 Å². The maximum absolute atomic E-state index is 12.3. The summed E-state index contributed by atoms with van der Waals surface area (Å²) in [5.74, 6) is -0.934. The molecule has 20 heavy (non-hydrogen) atoms. The second kappa shape index (κ2) is 4.81. The van der Waals surface area contributed by atoms with Crippen LogP contribution >= 0.6 is 0 Å². The fraction of sp³-hybridized carbons (Fsp3) is 0.467. The van der Waals surface area contributed by atoms with Crippen molar-refractivity contribution in [2.45, 2.75) is 31.7 Å². The number of carbonyl (C=O) groups excluding carboxylic acids is 1. The molecule has 106 valence electrons. The highest BCUT2D eigenvalue weighted by Crippen LogP contribution is 2.37. The van der Waals surface area contributed by atoms with Crippen LogP contribution in [0.4, 0.5) is 10.5 Å². The summed E-state index contributed by atoms with van der Waals surface area (Å²) < 4.78 is 0. The van der Waals surface area contributed by atoms with Crippen LogP contribution < -0.4 is 10.2 Å². The van der Waals surface area contributed by atoms with Gasteiger partial charge in [0.05, 0.1) is 0 Å². The van der Waals surface area contributed by atoms with Crippen LogP contribution in [0, 0.1) is 5.92 Å². The van der Waals surface area contributed by atoms with Crippen LogP contribution in [-0.2, 0) is 4.79 Å². The smallest absolute Gasteiger partial charge is 0.322 e. The maximum Gasteiger partial charge on any atom is 0.322 e. The Morgan fingerprint density at radius 1 is 1.40 bits per heavy atom. The van der Waals surface area contributed by atoms with E-state index in [1.54, 1.807) is 11.0 Å². The molecule has 3 rings (SSSR count). The van der Waals surface area contributed by atoms with E-state index in [2.05, 4.69) is 12.2 Å². The van der Waals surface area contributed by atoms with E-state index in [0.29, 0.717) is 11.6 Å². The molecule has 2 amide bonds. The number of nitrogens with one attached hydrogen (secondary N) is 1. The highest BCUT2D eigenvalue weighted by atomic mass is 16.4. The van der Waals surface area contributed by atoms with Gasteiger partial charge in [0.2, 0.25) is 0 Å². The quantitative estimate of drug-likeness (QED) is 0.887. The Bertz CT molecular complexity index is 558. The van der Waals surface area contributed by atoms with E-state index in [0.717, 1.165) is 18.4 Å². The number of aliphatic carboxylic acids is 1. The number of carboxylic acid groups (broad SMARTS) is 1. The molecule has 0 aromatic heterocycles. The van der Waals surface area contributed by atoms with E-state index < -0.39 is 11.9 Å². The largest absolute Gasteiger partial charge is 0.481 e. The second-order valence-corrected chi connectivity index (χ2v) is 5.52. The lowest BCUT2D eigenvalue weighted by molar-refractivity contribution is -0.138. The van der Waals surface area contributed by atoms with Crippen molar-refractivity contribution in [2.24, 2.45) is 5.92 Å². The summed E-state index contributed by atoms with van der Waals surface area (Å²) in [5, 5.41) is 12.3. The van der Waals surface area contributed by atoms with Crippen molar-refractivity contribution in [2.75, 3.05) is 11.4 Å². The number of nitrogens with zero attached hydrogens (tertiary/aromatic N) is 1. The Labute approximate surface area is 117 Å². The van der Waals surface area contributed by atoms with Gasteiger partial charge < -0.3 is 10.4 Å². The van der Waals surface area contributed by atoms with Gasteiger partial charge in [-0.25, -0.2) is 4.79 Å². The van der Waals surface area contributed by atoms with Crippen molar-refractivity contribution in [3.05, 3.63) is 29.8 Å². The molecular formula is C15H18N2O3. The summed E-state index contributed by atoms with van der Waals surface area (Å²) in [4.78, 5) is 25.2. The lowest BCUT2D eigenvalue weighted by Gasteiger charge is -2.18. The van der Waals surface area contributed by atoms with Crippen LogP contribution in [0.25, 0.3) is 0 Å². The SMILES string of the molecule is CCC1CC1NC(=O)N1CC(C(=O)O)c2ccccc21. The van der Waals surface area contributed by atoms with Crippen molar-refractivity contribution in [3.63, 3.8) is 0 Å². The first kappa shape index (κ1) is 13.0. The van der Waals surface area contributed by atoms with E-state index in [1.807, 2.05) is 18.2 Å². The number of para-hydroxylation sites is 1. The normalized spacial score (nSPS) is 27.1. The Balaban J connectivity index is 1.78. The van der Waals surface area contributed by atoms with Gasteiger partial charge in [-0.15, -0.1) is 0 Å². The predicted molar refractivity (Wildman–Crippen MR) is 74.9 cm³/mol. The molecule has 2 N–H and O–H groups in total. The molecule has 1 aliphatic carbocycles. The first-order valence-electron chi connectivity index (χ1n) is 7.01. The average molecular weight is 274 g/mol. The number of urea groups is 1. The van der Waals surface area contributed by atoms with E-state index in [9.17, 15) is 14.7 Å². The Morgan fingerprint density at radius 2 is 2.15 bits per heavy atom. The minimum absolute atomic E-state index is 0.179. The molecule has 2 aliphatic rings. The van der Waals surface area contributed by atoms with Gasteiger partial charge in [0.15, 0.2) is 0 Å². The highest BCUT2D eigenvalue weighted by molar-refractivity contribution is 5.98. The molecule has 1 saturated carbocycles. The zero-order valence-corrected chi connectivity index (χ0v) is 11.4. The number of amides is 2. The number of rotatable bonds is 3. The Morgan fingerprint density at radius 3 is 2.80 bits per heavy atom. The topological polar surface area (TPSA) is 69.6 Å². The molecule has 1 heterocycles. The van der Waals surface area contributed by atoms with Gasteiger partial charge in [-0.05, 0) is 24.0 Å². The average Bonchev–Trinajstić information content (AvgIpc) is 3.06. The number of carboxylic acids is 1. The molecule has 0 spiro atoms. The van der Waals surface area contributed by atoms with E-state index >= 15 is 0 Å². The van der Waals surface area contributed by atoms with Crippen molar-refractivity contribution >= 4 is 17.7 Å². The predicted octanol–water partition coefficient (Wildman–Crippen LogP) is 2.18. The maximum atomic E-state index is 12.3. The van der Waals surface area contributed by atoms with Crippen LogP contribution in [0.1, 0.15) is 31.2 Å². The first-order chi connectivity index (χ1) is 9.61. The minimum Gasteiger partial charge on any atom is -0.481 e. The van der Waals surface area contributed by atoms with Gasteiger partial charge in [-0.2, -0.15) is 0 Å². The number of anilines is 1. The molecule has 1 aromatic carbocycles. The summed E-state index contributed by atoms with van der Waals surface area (Å²) >= 11 is 0. The highest BCUT2D eigenvalue weighted by Gasteiger charge is 2.41. The van der Waals surface area contributed by atoms with E-state index in [4.69, 9.17) is 0 Å². The van der Waals surface area contributed by atoms with Gasteiger partial charge in [0.25, 0.3) is 0 Å². The van der Waals surface area contributed by atoms with Gasteiger partial charge in [0, 0.05) is 18.3 Å². The minimum atomic E-state index is -0.884. The number of hydrogen-bond donors (Lipinski definition) is 2. The molecular weight excluding hydrogens is 256 g/mol. The van der Waals surface area contributed by atoms with Crippen LogP contribution in [0.5, 0.6) is 0 Å². The number of carbonyl (C=O) groups is 2.